The van der Waals surface area contributed by atoms with Crippen LogP contribution in [0.2, 0.25) is 0 Å². The number of ether oxygens (including phenoxy) is 3. The number of hydrogen-bond donors (Lipinski definition) is 1. The van der Waals surface area contributed by atoms with E-state index >= 15 is 0 Å². The third-order valence-electron chi connectivity index (χ3n) is 8.33. The van der Waals surface area contributed by atoms with E-state index < -0.39 is 0 Å². The van der Waals surface area contributed by atoms with Crippen molar-refractivity contribution in [1.82, 2.24) is 0 Å². The minimum Gasteiger partial charge on any atom is -0.508 e. The monoisotopic (exact) mass is 652 g/mol. The lowest BCUT2D eigenvalue weighted by Crippen LogP contribution is -2.15. The minimum atomic E-state index is -0.366. The van der Waals surface area contributed by atoms with Gasteiger partial charge in [0.2, 0.25) is 0 Å². The van der Waals surface area contributed by atoms with Crippen LogP contribution in [0.5, 0.6) is 17.2 Å². The van der Waals surface area contributed by atoms with Crippen molar-refractivity contribution in [3.8, 4) is 17.2 Å². The van der Waals surface area contributed by atoms with Crippen LogP contribution in [0, 0.1) is 0 Å². The third kappa shape index (κ3) is 15.0. The molecule has 0 heterocycles. The number of rotatable bonds is 13. The van der Waals surface area contributed by atoms with Gasteiger partial charge in [0, 0.05) is 12.7 Å². The van der Waals surface area contributed by atoms with E-state index in [-0.39, 0.29) is 12.3 Å². The van der Waals surface area contributed by atoms with Gasteiger partial charge in [-0.15, -0.1) is 0 Å². The number of carbonyl (C=O) groups excluding carboxylic acids is 1. The molecule has 0 amide bonds. The fourth-order valence-electron chi connectivity index (χ4n) is 4.59. The van der Waals surface area contributed by atoms with E-state index in [2.05, 4.69) is 53.7 Å². The van der Waals surface area contributed by atoms with Crippen molar-refractivity contribution in [3.63, 3.8) is 0 Å². The zero-order valence-electron chi connectivity index (χ0n) is 30.2. The molecule has 4 atom stereocenters. The Labute approximate surface area is 289 Å². The lowest BCUT2D eigenvalue weighted by atomic mass is 9.99. The Hall–Kier alpha value is -4.35. The summed E-state index contributed by atoms with van der Waals surface area (Å²) >= 11 is 0. The average molecular weight is 653 g/mol. The molecule has 5 heteroatoms. The number of hydrogen-bond acceptors (Lipinski definition) is 5. The van der Waals surface area contributed by atoms with Crippen LogP contribution in [0.25, 0.3) is 6.08 Å². The van der Waals surface area contributed by atoms with Gasteiger partial charge in [-0.05, 0) is 116 Å². The zero-order valence-corrected chi connectivity index (χ0v) is 30.2. The summed E-state index contributed by atoms with van der Waals surface area (Å²) in [4.78, 5) is 11.8. The quantitative estimate of drug-likeness (QED) is 0.0674. The summed E-state index contributed by atoms with van der Waals surface area (Å²) in [5.74, 6) is 3.15. The molecule has 0 aliphatic rings. The first kappa shape index (κ1) is 39.8. The molecule has 258 valence electrons. The van der Waals surface area contributed by atoms with E-state index in [1.165, 1.54) is 22.8 Å². The van der Waals surface area contributed by atoms with E-state index in [0.717, 1.165) is 30.6 Å². The minimum absolute atomic E-state index is 0.181. The maximum Gasteiger partial charge on any atom is 0.336 e. The van der Waals surface area contributed by atoms with Gasteiger partial charge < -0.3 is 19.3 Å². The van der Waals surface area contributed by atoms with Crippen molar-refractivity contribution in [3.05, 3.63) is 131 Å². The smallest absolute Gasteiger partial charge is 0.336 e. The topological polar surface area (TPSA) is 65.0 Å². The molecule has 4 aromatic carbocycles. The molecular formula is C43H56O5. The van der Waals surface area contributed by atoms with Gasteiger partial charge in [-0.3, -0.25) is 0 Å². The van der Waals surface area contributed by atoms with Gasteiger partial charge in [0.25, 0.3) is 0 Å². The number of esters is 1. The van der Waals surface area contributed by atoms with Gasteiger partial charge in [0.05, 0.1) is 0 Å². The number of carbonyl (C=O) groups is 1. The molecule has 0 aliphatic heterocycles. The Morgan fingerprint density at radius 2 is 1.06 bits per heavy atom. The first-order valence-electron chi connectivity index (χ1n) is 17.3. The van der Waals surface area contributed by atoms with E-state index in [1.807, 2.05) is 92.7 Å². The second-order valence-corrected chi connectivity index (χ2v) is 12.0. The maximum atomic E-state index is 11.8. The Balaban J connectivity index is 0.000000263. The van der Waals surface area contributed by atoms with Crippen molar-refractivity contribution >= 4 is 12.0 Å². The normalized spacial score (nSPS) is 13.2. The number of benzene rings is 4. The first-order chi connectivity index (χ1) is 23.1. The highest BCUT2D eigenvalue weighted by molar-refractivity contribution is 5.88. The molecular weight excluding hydrogens is 596 g/mol. The molecule has 0 saturated carbocycles. The molecule has 0 radical (unpaired) electrons. The standard InChI is InChI=1S/C19H20O2.C14H22O2.C10H14O/c1-3-15(2)17-10-12-18(13-11-17)21-19(20)14-9-16-7-5-4-6-8-16;1-5-11(3)13-7-9-14(10-8-13)16-12(4)15-6-2;1-3-8(2)9-4-6-10(11)7-5-9/h4-15H,3H2,1-2H3;7-12H,5-6H2,1-4H3;4-8,11H,3H2,1-2H3. The Morgan fingerprint density at radius 3 is 1.50 bits per heavy atom. The molecule has 0 spiro atoms. The van der Waals surface area contributed by atoms with E-state index in [0.29, 0.717) is 35.9 Å². The highest BCUT2D eigenvalue weighted by Crippen LogP contribution is 2.23. The molecule has 0 fully saturated rings. The van der Waals surface area contributed by atoms with Gasteiger partial charge in [0.1, 0.15) is 17.2 Å². The van der Waals surface area contributed by atoms with Crippen molar-refractivity contribution in [2.24, 2.45) is 0 Å². The highest BCUT2D eigenvalue weighted by Gasteiger charge is 2.06. The Kier molecular flexibility index (Phi) is 18.5. The summed E-state index contributed by atoms with van der Waals surface area (Å²) in [5.41, 5.74) is 4.89. The summed E-state index contributed by atoms with van der Waals surface area (Å²) in [6.45, 7) is 17.7. The summed E-state index contributed by atoms with van der Waals surface area (Å²) in [5, 5.41) is 9.01. The second kappa shape index (κ2) is 22.3. The van der Waals surface area contributed by atoms with E-state index in [4.69, 9.17) is 19.3 Å². The summed E-state index contributed by atoms with van der Waals surface area (Å²) in [6.07, 6.45) is 6.41. The summed E-state index contributed by atoms with van der Waals surface area (Å²) < 4.78 is 16.2. The molecule has 0 saturated heterocycles. The predicted octanol–water partition coefficient (Wildman–Crippen LogP) is 11.7. The van der Waals surface area contributed by atoms with Crippen molar-refractivity contribution in [1.29, 1.82) is 0 Å². The van der Waals surface area contributed by atoms with Gasteiger partial charge in [-0.2, -0.15) is 0 Å². The fraction of sp³-hybridized carbons (Fsp3) is 0.372. The third-order valence-corrected chi connectivity index (χ3v) is 8.33. The summed E-state index contributed by atoms with van der Waals surface area (Å²) in [7, 11) is 0. The Bertz CT molecular complexity index is 1440. The number of phenols is 1. The molecule has 4 aromatic rings. The zero-order chi connectivity index (χ0) is 35.3. The molecule has 48 heavy (non-hydrogen) atoms. The lowest BCUT2D eigenvalue weighted by Gasteiger charge is -2.15. The highest BCUT2D eigenvalue weighted by atomic mass is 16.7. The second-order valence-electron chi connectivity index (χ2n) is 12.0. The molecule has 0 aromatic heterocycles. The molecule has 0 bridgehead atoms. The predicted molar refractivity (Wildman–Crippen MR) is 200 cm³/mol. The van der Waals surface area contributed by atoms with Crippen LogP contribution in [0.15, 0.2) is 109 Å². The average Bonchev–Trinajstić information content (AvgIpc) is 3.12. The van der Waals surface area contributed by atoms with Crippen molar-refractivity contribution in [2.75, 3.05) is 6.61 Å². The lowest BCUT2D eigenvalue weighted by molar-refractivity contribution is -0.128. The molecule has 5 nitrogen and oxygen atoms in total. The van der Waals surface area contributed by atoms with Crippen LogP contribution in [0.3, 0.4) is 0 Å². The van der Waals surface area contributed by atoms with Gasteiger partial charge >= 0.3 is 5.97 Å². The largest absolute Gasteiger partial charge is 0.508 e. The van der Waals surface area contributed by atoms with Gasteiger partial charge in [-0.25, -0.2) is 4.79 Å². The molecule has 0 aliphatic carbocycles. The van der Waals surface area contributed by atoms with Crippen LogP contribution in [0.4, 0.5) is 0 Å². The number of aromatic hydroxyl groups is 1. The van der Waals surface area contributed by atoms with E-state index in [1.54, 1.807) is 18.2 Å². The summed E-state index contributed by atoms with van der Waals surface area (Å²) in [6, 6.07) is 33.1. The van der Waals surface area contributed by atoms with Crippen LogP contribution in [-0.4, -0.2) is 24.0 Å². The number of phenolic OH excluding ortho intramolecular Hbond substituents is 1. The molecule has 1 N–H and O–H groups in total. The molecule has 4 rings (SSSR count). The maximum absolute atomic E-state index is 11.8. The van der Waals surface area contributed by atoms with Crippen LogP contribution >= 0.6 is 0 Å². The van der Waals surface area contributed by atoms with Crippen LogP contribution in [-0.2, 0) is 9.53 Å². The van der Waals surface area contributed by atoms with Crippen molar-refractivity contribution < 1.29 is 24.1 Å². The van der Waals surface area contributed by atoms with Crippen LogP contribution in [0.1, 0.15) is 115 Å². The SMILES string of the molecule is CCC(C)c1ccc(O)cc1.CCC(C)c1ccc(OC(=O)C=Cc2ccccc2)cc1.CCOC(C)Oc1ccc(C(C)CC)cc1. The van der Waals surface area contributed by atoms with E-state index in [9.17, 15) is 4.79 Å². The van der Waals surface area contributed by atoms with Crippen LogP contribution < -0.4 is 9.47 Å². The van der Waals surface area contributed by atoms with Crippen molar-refractivity contribution in [2.45, 2.75) is 98.7 Å². The van der Waals surface area contributed by atoms with Gasteiger partial charge in [-0.1, -0.05) is 108 Å². The fourth-order valence-corrected chi connectivity index (χ4v) is 4.59. The van der Waals surface area contributed by atoms with Gasteiger partial charge in [0.15, 0.2) is 6.29 Å². The molecule has 4 unspecified atom stereocenters. The Morgan fingerprint density at radius 1 is 0.625 bits per heavy atom. The first-order valence-corrected chi connectivity index (χ1v) is 17.3.